The predicted octanol–water partition coefficient (Wildman–Crippen LogP) is 3.03. The summed E-state index contributed by atoms with van der Waals surface area (Å²) in [4.78, 5) is 23.1. The van der Waals surface area contributed by atoms with Crippen LogP contribution in [0.2, 0.25) is 10.0 Å². The summed E-state index contributed by atoms with van der Waals surface area (Å²) in [6.07, 6.45) is 0. The van der Waals surface area contributed by atoms with Crippen molar-refractivity contribution < 1.29 is 14.0 Å². The number of anilines is 1. The first-order chi connectivity index (χ1) is 7.34. The van der Waals surface area contributed by atoms with Gasteiger partial charge in [0.2, 0.25) is 11.8 Å². The maximum absolute atomic E-state index is 13.6. The van der Waals surface area contributed by atoms with E-state index in [9.17, 15) is 14.0 Å². The van der Waals surface area contributed by atoms with E-state index in [0.29, 0.717) is 4.90 Å². The predicted molar refractivity (Wildman–Crippen MR) is 60.3 cm³/mol. The Bertz CT molecular complexity index is 425. The highest BCUT2D eigenvalue weighted by Crippen LogP contribution is 2.32. The molecule has 6 heteroatoms. The van der Waals surface area contributed by atoms with Crippen molar-refractivity contribution in [2.45, 2.75) is 13.8 Å². The number of amides is 2. The van der Waals surface area contributed by atoms with Gasteiger partial charge in [-0.15, -0.1) is 0 Å². The van der Waals surface area contributed by atoms with Crippen LogP contribution < -0.4 is 4.90 Å². The molecule has 0 unspecified atom stereocenters. The molecule has 0 aromatic heterocycles. The summed E-state index contributed by atoms with van der Waals surface area (Å²) in [5.41, 5.74) is -0.272. The Hall–Kier alpha value is -1.13. The molecule has 1 aromatic carbocycles. The zero-order valence-electron chi connectivity index (χ0n) is 8.55. The number of hydrogen-bond donors (Lipinski definition) is 0. The number of carbonyl (C=O) groups excluding carboxylic acids is 2. The monoisotopic (exact) mass is 263 g/mol. The van der Waals surface area contributed by atoms with Crippen LogP contribution in [0, 0.1) is 5.82 Å². The van der Waals surface area contributed by atoms with Crippen LogP contribution in [-0.4, -0.2) is 11.8 Å². The van der Waals surface area contributed by atoms with Gasteiger partial charge in [-0.2, -0.15) is 0 Å². The highest BCUT2D eigenvalue weighted by atomic mass is 35.5. The van der Waals surface area contributed by atoms with Crippen LogP contribution in [0.3, 0.4) is 0 Å². The second-order valence-corrected chi connectivity index (χ2v) is 3.94. The molecule has 0 heterocycles. The third-order valence-electron chi connectivity index (χ3n) is 1.84. The largest absolute Gasteiger partial charge is 0.274 e. The SMILES string of the molecule is CC(=O)N(C(C)=O)c1c(F)cc(Cl)cc1Cl. The summed E-state index contributed by atoms with van der Waals surface area (Å²) in [6, 6.07) is 2.25. The first-order valence-electron chi connectivity index (χ1n) is 4.30. The summed E-state index contributed by atoms with van der Waals surface area (Å²) in [6.45, 7) is 2.29. The van der Waals surface area contributed by atoms with E-state index >= 15 is 0 Å². The molecule has 0 fully saturated rings. The van der Waals surface area contributed by atoms with Gasteiger partial charge in [0.15, 0.2) is 0 Å². The summed E-state index contributed by atoms with van der Waals surface area (Å²) in [5.74, 6) is -2.05. The Kier molecular flexibility index (Phi) is 3.88. The number of halogens is 3. The molecular weight excluding hydrogens is 256 g/mol. The Morgan fingerprint density at radius 1 is 1.19 bits per heavy atom. The summed E-state index contributed by atoms with van der Waals surface area (Å²) < 4.78 is 13.6. The molecule has 0 radical (unpaired) electrons. The van der Waals surface area contributed by atoms with Gasteiger partial charge in [0.1, 0.15) is 11.5 Å². The van der Waals surface area contributed by atoms with Gasteiger partial charge in [0.05, 0.1) is 5.02 Å². The van der Waals surface area contributed by atoms with Crippen molar-refractivity contribution in [3.8, 4) is 0 Å². The first kappa shape index (κ1) is 12.9. The minimum absolute atomic E-state index is 0.0876. The smallest absolute Gasteiger partial charge is 0.230 e. The van der Waals surface area contributed by atoms with Crippen LogP contribution >= 0.6 is 23.2 Å². The van der Waals surface area contributed by atoms with Crippen molar-refractivity contribution >= 4 is 40.7 Å². The topological polar surface area (TPSA) is 37.4 Å². The molecule has 0 saturated carbocycles. The minimum atomic E-state index is -0.817. The van der Waals surface area contributed by atoms with E-state index in [1.54, 1.807) is 0 Å². The fourth-order valence-electron chi connectivity index (χ4n) is 1.28. The Morgan fingerprint density at radius 2 is 1.69 bits per heavy atom. The molecule has 86 valence electrons. The van der Waals surface area contributed by atoms with Gasteiger partial charge in [-0.3, -0.25) is 9.59 Å². The molecule has 0 aliphatic rings. The number of nitrogens with zero attached hydrogens (tertiary/aromatic N) is 1. The van der Waals surface area contributed by atoms with Crippen LogP contribution in [0.5, 0.6) is 0 Å². The second kappa shape index (κ2) is 4.80. The van der Waals surface area contributed by atoms with Crippen LogP contribution in [0.1, 0.15) is 13.8 Å². The third kappa shape index (κ3) is 2.51. The quantitative estimate of drug-likeness (QED) is 0.781. The highest BCUT2D eigenvalue weighted by molar-refractivity contribution is 6.37. The molecule has 0 atom stereocenters. The van der Waals surface area contributed by atoms with E-state index in [1.807, 2.05) is 0 Å². The van der Waals surface area contributed by atoms with Gasteiger partial charge < -0.3 is 0 Å². The van der Waals surface area contributed by atoms with Crippen molar-refractivity contribution in [2.24, 2.45) is 0 Å². The molecule has 0 aliphatic carbocycles. The molecule has 1 rings (SSSR count). The fraction of sp³-hybridized carbons (Fsp3) is 0.200. The molecule has 3 nitrogen and oxygen atoms in total. The number of carbonyl (C=O) groups is 2. The molecule has 1 aromatic rings. The zero-order chi connectivity index (χ0) is 12.5. The lowest BCUT2D eigenvalue weighted by molar-refractivity contribution is -0.124. The molecular formula is C10H8Cl2FNO2. The highest BCUT2D eigenvalue weighted by Gasteiger charge is 2.23. The lowest BCUT2D eigenvalue weighted by atomic mass is 10.2. The Morgan fingerprint density at radius 3 is 2.06 bits per heavy atom. The summed E-state index contributed by atoms with van der Waals surface area (Å²) in [5, 5.41) is 0.00806. The number of benzene rings is 1. The average molecular weight is 264 g/mol. The molecule has 0 bridgehead atoms. The van der Waals surface area contributed by atoms with E-state index in [1.165, 1.54) is 6.07 Å². The van der Waals surface area contributed by atoms with Crippen molar-refractivity contribution in [2.75, 3.05) is 4.90 Å². The molecule has 16 heavy (non-hydrogen) atoms. The van der Waals surface area contributed by atoms with Gasteiger partial charge in [-0.05, 0) is 12.1 Å². The Balaban J connectivity index is 3.41. The molecule has 0 N–H and O–H groups in total. The number of rotatable bonds is 1. The molecule has 0 aliphatic heterocycles. The first-order valence-corrected chi connectivity index (χ1v) is 5.06. The average Bonchev–Trinajstić information content (AvgIpc) is 2.09. The second-order valence-electron chi connectivity index (χ2n) is 3.09. The molecule has 0 saturated heterocycles. The lowest BCUT2D eigenvalue weighted by Gasteiger charge is -2.19. The van der Waals surface area contributed by atoms with E-state index in [0.717, 1.165) is 19.9 Å². The minimum Gasteiger partial charge on any atom is -0.274 e. The maximum Gasteiger partial charge on any atom is 0.230 e. The van der Waals surface area contributed by atoms with E-state index in [-0.39, 0.29) is 15.7 Å². The summed E-state index contributed by atoms with van der Waals surface area (Å²) >= 11 is 11.3. The molecule has 2 amide bonds. The van der Waals surface area contributed by atoms with Crippen molar-refractivity contribution in [1.29, 1.82) is 0 Å². The third-order valence-corrected chi connectivity index (χ3v) is 2.34. The fourth-order valence-corrected chi connectivity index (χ4v) is 1.84. The van der Waals surface area contributed by atoms with Crippen LogP contribution in [0.15, 0.2) is 12.1 Å². The molecule has 0 spiro atoms. The Labute approximate surface area is 102 Å². The van der Waals surface area contributed by atoms with E-state index in [2.05, 4.69) is 0 Å². The van der Waals surface area contributed by atoms with E-state index < -0.39 is 17.6 Å². The van der Waals surface area contributed by atoms with Crippen LogP contribution in [-0.2, 0) is 9.59 Å². The van der Waals surface area contributed by atoms with E-state index in [4.69, 9.17) is 23.2 Å². The normalized spacial score (nSPS) is 10.1. The van der Waals surface area contributed by atoms with Gasteiger partial charge in [-0.25, -0.2) is 9.29 Å². The maximum atomic E-state index is 13.6. The number of imide groups is 1. The van der Waals surface area contributed by atoms with Crippen molar-refractivity contribution in [3.05, 3.63) is 28.0 Å². The van der Waals surface area contributed by atoms with Crippen molar-refractivity contribution in [3.63, 3.8) is 0 Å². The summed E-state index contributed by atoms with van der Waals surface area (Å²) in [7, 11) is 0. The van der Waals surface area contributed by atoms with Crippen LogP contribution in [0.4, 0.5) is 10.1 Å². The van der Waals surface area contributed by atoms with Gasteiger partial charge in [-0.1, -0.05) is 23.2 Å². The standard InChI is InChI=1S/C10H8Cl2FNO2/c1-5(15)14(6(2)16)10-8(12)3-7(11)4-9(10)13/h3-4H,1-2H3. The van der Waals surface area contributed by atoms with Crippen molar-refractivity contribution in [1.82, 2.24) is 0 Å². The lowest BCUT2D eigenvalue weighted by Crippen LogP contribution is -2.34. The number of hydrogen-bond acceptors (Lipinski definition) is 2. The van der Waals surface area contributed by atoms with Crippen LogP contribution in [0.25, 0.3) is 0 Å². The van der Waals surface area contributed by atoms with Gasteiger partial charge >= 0.3 is 0 Å². The van der Waals surface area contributed by atoms with Gasteiger partial charge in [0.25, 0.3) is 0 Å². The van der Waals surface area contributed by atoms with Gasteiger partial charge in [0, 0.05) is 18.9 Å². The zero-order valence-corrected chi connectivity index (χ0v) is 10.1.